The first-order chi connectivity index (χ1) is 12.8. The highest BCUT2D eigenvalue weighted by Crippen LogP contribution is 2.26. The lowest BCUT2D eigenvalue weighted by atomic mass is 10.1. The van der Waals surface area contributed by atoms with E-state index in [-0.39, 0.29) is 6.54 Å². The van der Waals surface area contributed by atoms with Crippen LogP contribution in [0.3, 0.4) is 0 Å². The highest BCUT2D eigenvalue weighted by molar-refractivity contribution is 6.21. The molecule has 3 amide bonds. The van der Waals surface area contributed by atoms with E-state index in [0.717, 1.165) is 4.90 Å². The van der Waals surface area contributed by atoms with Gasteiger partial charge in [-0.15, -0.1) is 0 Å². The minimum atomic E-state index is -0.830. The number of imide groups is 1. The molecule has 0 bridgehead atoms. The predicted octanol–water partition coefficient (Wildman–Crippen LogP) is 2.94. The molecule has 3 rings (SSSR count). The zero-order valence-electron chi connectivity index (χ0n) is 15.4. The Hall–Kier alpha value is -3.22. The van der Waals surface area contributed by atoms with E-state index in [4.69, 9.17) is 4.74 Å². The number of nitrogens with one attached hydrogen (secondary N) is 1. The molecule has 0 fully saturated rings. The molecule has 2 heterocycles. The van der Waals surface area contributed by atoms with Gasteiger partial charge in [-0.05, 0) is 39.0 Å². The van der Waals surface area contributed by atoms with Gasteiger partial charge in [0.1, 0.15) is 6.10 Å². The first-order valence-corrected chi connectivity index (χ1v) is 8.60. The number of benzene rings is 1. The molecule has 1 aliphatic heterocycles. The molecular formula is C20H21N3O4. The lowest BCUT2D eigenvalue weighted by molar-refractivity contribution is 0.0454. The summed E-state index contributed by atoms with van der Waals surface area (Å²) in [6.07, 6.45) is 1.68. The van der Waals surface area contributed by atoms with Crippen molar-refractivity contribution in [2.24, 2.45) is 0 Å². The van der Waals surface area contributed by atoms with Crippen molar-refractivity contribution in [3.63, 3.8) is 0 Å². The fourth-order valence-electron chi connectivity index (χ4n) is 2.81. The zero-order valence-corrected chi connectivity index (χ0v) is 15.4. The van der Waals surface area contributed by atoms with Crippen molar-refractivity contribution < 1.29 is 19.1 Å². The largest absolute Gasteiger partial charge is 0.439 e. The van der Waals surface area contributed by atoms with Crippen LogP contribution in [-0.2, 0) is 4.74 Å². The van der Waals surface area contributed by atoms with E-state index in [1.807, 2.05) is 20.8 Å². The molecule has 1 aromatic heterocycles. The number of carbonyl (C=O) groups excluding carboxylic acids is 3. The average Bonchev–Trinajstić information content (AvgIpc) is 2.85. The molecular weight excluding hydrogens is 346 g/mol. The van der Waals surface area contributed by atoms with Crippen LogP contribution in [0.1, 0.15) is 53.2 Å². The van der Waals surface area contributed by atoms with Crippen LogP contribution in [0.4, 0.5) is 4.79 Å². The van der Waals surface area contributed by atoms with Crippen LogP contribution in [-0.4, -0.2) is 39.9 Å². The number of nitrogens with zero attached hydrogens (tertiary/aromatic N) is 2. The second-order valence-corrected chi connectivity index (χ2v) is 7.32. The standard InChI is InChI=1S/C20H21N3O4/c1-20(2,3)22-19(26)27-16(13-7-6-10-21-11-13)12-23-17(24)14-8-4-5-9-15(14)18(23)25/h4-11,16H,12H2,1-3H3,(H,22,26). The molecule has 1 atom stereocenters. The third-order valence-electron chi connectivity index (χ3n) is 4.01. The van der Waals surface area contributed by atoms with Gasteiger partial charge in [-0.3, -0.25) is 19.5 Å². The lowest BCUT2D eigenvalue weighted by Gasteiger charge is -2.26. The minimum Gasteiger partial charge on any atom is -0.439 e. The Balaban J connectivity index is 1.83. The summed E-state index contributed by atoms with van der Waals surface area (Å²) in [5, 5.41) is 2.71. The first-order valence-electron chi connectivity index (χ1n) is 8.60. The molecule has 0 aliphatic carbocycles. The van der Waals surface area contributed by atoms with Crippen LogP contribution in [0.15, 0.2) is 48.8 Å². The van der Waals surface area contributed by atoms with Crippen LogP contribution in [0.5, 0.6) is 0 Å². The SMILES string of the molecule is CC(C)(C)NC(=O)OC(CN1C(=O)c2ccccc2C1=O)c1cccnc1. The normalized spacial score (nSPS) is 14.7. The maximum Gasteiger partial charge on any atom is 0.408 e. The Kier molecular flexibility index (Phi) is 4.94. The maximum absolute atomic E-state index is 12.6. The van der Waals surface area contributed by atoms with Crippen LogP contribution < -0.4 is 5.32 Å². The molecule has 0 spiro atoms. The molecule has 140 valence electrons. The number of hydrogen-bond acceptors (Lipinski definition) is 5. The van der Waals surface area contributed by atoms with E-state index >= 15 is 0 Å². The average molecular weight is 367 g/mol. The van der Waals surface area contributed by atoms with Gasteiger partial charge in [0.15, 0.2) is 0 Å². The second kappa shape index (κ2) is 7.19. The quantitative estimate of drug-likeness (QED) is 0.840. The second-order valence-electron chi connectivity index (χ2n) is 7.32. The third-order valence-corrected chi connectivity index (χ3v) is 4.01. The van der Waals surface area contributed by atoms with Crippen LogP contribution in [0.25, 0.3) is 0 Å². The molecule has 2 aromatic rings. The summed E-state index contributed by atoms with van der Waals surface area (Å²) in [4.78, 5) is 42.6. The summed E-state index contributed by atoms with van der Waals surface area (Å²) in [7, 11) is 0. The van der Waals surface area contributed by atoms with Crippen molar-refractivity contribution >= 4 is 17.9 Å². The molecule has 7 heteroatoms. The minimum absolute atomic E-state index is 0.0877. The number of fused-ring (bicyclic) bond motifs is 1. The number of aromatic nitrogens is 1. The predicted molar refractivity (Wildman–Crippen MR) is 98.2 cm³/mol. The third kappa shape index (κ3) is 4.13. The van der Waals surface area contributed by atoms with Gasteiger partial charge in [-0.1, -0.05) is 18.2 Å². The Morgan fingerprint density at radius 2 is 1.74 bits per heavy atom. The van der Waals surface area contributed by atoms with Crippen molar-refractivity contribution in [1.29, 1.82) is 0 Å². The van der Waals surface area contributed by atoms with Gasteiger partial charge in [-0.25, -0.2) is 4.79 Å². The van der Waals surface area contributed by atoms with Gasteiger partial charge in [0.05, 0.1) is 17.7 Å². The molecule has 0 saturated carbocycles. The van der Waals surface area contributed by atoms with Gasteiger partial charge in [0, 0.05) is 23.5 Å². The van der Waals surface area contributed by atoms with Crippen molar-refractivity contribution in [2.45, 2.75) is 32.4 Å². The number of amides is 3. The van der Waals surface area contributed by atoms with E-state index in [2.05, 4.69) is 10.3 Å². The van der Waals surface area contributed by atoms with Gasteiger partial charge >= 0.3 is 6.09 Å². The van der Waals surface area contributed by atoms with E-state index in [0.29, 0.717) is 16.7 Å². The zero-order chi connectivity index (χ0) is 19.6. The molecule has 1 aromatic carbocycles. The van der Waals surface area contributed by atoms with E-state index in [1.165, 1.54) is 0 Å². The maximum atomic E-state index is 12.6. The van der Waals surface area contributed by atoms with E-state index < -0.39 is 29.6 Å². The molecule has 0 radical (unpaired) electrons. The smallest absolute Gasteiger partial charge is 0.408 e. The van der Waals surface area contributed by atoms with Gasteiger partial charge in [0.2, 0.25) is 0 Å². The van der Waals surface area contributed by atoms with Gasteiger partial charge in [-0.2, -0.15) is 0 Å². The van der Waals surface area contributed by atoms with E-state index in [9.17, 15) is 14.4 Å². The lowest BCUT2D eigenvalue weighted by Crippen LogP contribution is -2.43. The molecule has 1 N–H and O–H groups in total. The number of pyridine rings is 1. The fraction of sp³-hybridized carbons (Fsp3) is 0.300. The Bertz CT molecular complexity index is 839. The van der Waals surface area contributed by atoms with Crippen molar-refractivity contribution in [1.82, 2.24) is 15.2 Å². The van der Waals surface area contributed by atoms with Crippen LogP contribution in [0, 0.1) is 0 Å². The summed E-state index contributed by atoms with van der Waals surface area (Å²) < 4.78 is 5.53. The van der Waals surface area contributed by atoms with Gasteiger partial charge < -0.3 is 10.1 Å². The first kappa shape index (κ1) is 18.6. The van der Waals surface area contributed by atoms with E-state index in [1.54, 1.807) is 48.8 Å². The molecule has 0 saturated heterocycles. The summed E-state index contributed by atoms with van der Waals surface area (Å²) >= 11 is 0. The number of ether oxygens (including phenoxy) is 1. The summed E-state index contributed by atoms with van der Waals surface area (Å²) in [5.41, 5.74) is 0.822. The number of carbonyl (C=O) groups is 3. The fourth-order valence-corrected chi connectivity index (χ4v) is 2.81. The highest BCUT2D eigenvalue weighted by Gasteiger charge is 2.37. The molecule has 1 unspecified atom stereocenters. The summed E-state index contributed by atoms with van der Waals surface area (Å²) in [6, 6.07) is 10.1. The van der Waals surface area contributed by atoms with Crippen LogP contribution in [0.2, 0.25) is 0 Å². The Labute approximate surface area is 157 Å². The molecule has 7 nitrogen and oxygen atoms in total. The van der Waals surface area contributed by atoms with Crippen molar-refractivity contribution in [3.05, 3.63) is 65.5 Å². The summed E-state index contributed by atoms with van der Waals surface area (Å²) in [6.45, 7) is 5.40. The summed E-state index contributed by atoms with van der Waals surface area (Å²) in [5.74, 6) is -0.798. The van der Waals surface area contributed by atoms with Crippen molar-refractivity contribution in [3.8, 4) is 0 Å². The number of hydrogen-bond donors (Lipinski definition) is 1. The molecule has 27 heavy (non-hydrogen) atoms. The Morgan fingerprint density at radius 3 is 2.26 bits per heavy atom. The van der Waals surface area contributed by atoms with Gasteiger partial charge in [0.25, 0.3) is 11.8 Å². The highest BCUT2D eigenvalue weighted by atomic mass is 16.6. The van der Waals surface area contributed by atoms with Crippen LogP contribution >= 0.6 is 0 Å². The Morgan fingerprint density at radius 1 is 1.11 bits per heavy atom. The van der Waals surface area contributed by atoms with Crippen molar-refractivity contribution in [2.75, 3.05) is 6.54 Å². The topological polar surface area (TPSA) is 88.6 Å². The number of rotatable bonds is 4. The molecule has 1 aliphatic rings. The monoisotopic (exact) mass is 367 g/mol. The number of alkyl carbamates (subject to hydrolysis) is 1.